The lowest BCUT2D eigenvalue weighted by molar-refractivity contribution is 0.837. The van der Waals surface area contributed by atoms with Crippen LogP contribution in [-0.4, -0.2) is 10.4 Å². The van der Waals surface area contributed by atoms with Gasteiger partial charge in [-0.15, -0.1) is 0 Å². The van der Waals surface area contributed by atoms with E-state index in [1.54, 1.807) is 0 Å². The standard InChI is InChI=1S/C22H19N3/c23-22(24)20-10-11-21-19(14-20)12-13-25(21)15-16-6-8-18(9-7-16)17-4-2-1-3-5-17/h1-14H,15H2,(H3,23,24). The van der Waals surface area contributed by atoms with Crippen molar-refractivity contribution in [3.8, 4) is 11.1 Å². The molecule has 1 aromatic heterocycles. The van der Waals surface area contributed by atoms with Gasteiger partial charge in [0.2, 0.25) is 0 Å². The van der Waals surface area contributed by atoms with Crippen molar-refractivity contribution in [3.63, 3.8) is 0 Å². The minimum atomic E-state index is 0.103. The van der Waals surface area contributed by atoms with Crippen LogP contribution in [0.3, 0.4) is 0 Å². The molecule has 0 aliphatic rings. The molecule has 0 amide bonds. The molecule has 0 aliphatic carbocycles. The molecular weight excluding hydrogens is 306 g/mol. The average Bonchev–Trinajstić information content (AvgIpc) is 3.05. The van der Waals surface area contributed by atoms with Gasteiger partial charge in [0.15, 0.2) is 0 Å². The number of fused-ring (bicyclic) bond motifs is 1. The van der Waals surface area contributed by atoms with E-state index in [2.05, 4.69) is 65.4 Å². The first-order chi connectivity index (χ1) is 12.2. The molecule has 4 rings (SSSR count). The highest BCUT2D eigenvalue weighted by atomic mass is 14.9. The van der Waals surface area contributed by atoms with Gasteiger partial charge in [-0.05, 0) is 41.0 Å². The molecule has 0 radical (unpaired) electrons. The molecule has 0 fully saturated rings. The van der Waals surface area contributed by atoms with E-state index < -0.39 is 0 Å². The summed E-state index contributed by atoms with van der Waals surface area (Å²) < 4.78 is 2.22. The van der Waals surface area contributed by atoms with Gasteiger partial charge in [0, 0.05) is 29.2 Å². The van der Waals surface area contributed by atoms with Crippen LogP contribution in [-0.2, 0) is 6.54 Å². The highest BCUT2D eigenvalue weighted by Gasteiger charge is 2.05. The number of rotatable bonds is 4. The summed E-state index contributed by atoms with van der Waals surface area (Å²) in [6.45, 7) is 0.817. The van der Waals surface area contributed by atoms with E-state index in [0.29, 0.717) is 0 Å². The lowest BCUT2D eigenvalue weighted by Gasteiger charge is -2.08. The fourth-order valence-corrected chi connectivity index (χ4v) is 3.14. The zero-order valence-corrected chi connectivity index (χ0v) is 13.8. The molecule has 122 valence electrons. The van der Waals surface area contributed by atoms with Crippen molar-refractivity contribution < 1.29 is 0 Å². The summed E-state index contributed by atoms with van der Waals surface area (Å²) in [7, 11) is 0. The van der Waals surface area contributed by atoms with Gasteiger partial charge >= 0.3 is 0 Å². The molecule has 0 aliphatic heterocycles. The van der Waals surface area contributed by atoms with Crippen LogP contribution in [0.1, 0.15) is 11.1 Å². The highest BCUT2D eigenvalue weighted by Crippen LogP contribution is 2.22. The van der Waals surface area contributed by atoms with Gasteiger partial charge in [0.05, 0.1) is 0 Å². The van der Waals surface area contributed by atoms with Gasteiger partial charge in [0.1, 0.15) is 5.84 Å². The van der Waals surface area contributed by atoms with Crippen molar-refractivity contribution in [1.29, 1.82) is 5.41 Å². The van der Waals surface area contributed by atoms with Crippen LogP contribution >= 0.6 is 0 Å². The van der Waals surface area contributed by atoms with Crippen molar-refractivity contribution in [2.24, 2.45) is 5.73 Å². The molecule has 0 unspecified atom stereocenters. The van der Waals surface area contributed by atoms with Gasteiger partial charge in [-0.1, -0.05) is 54.6 Å². The number of aromatic nitrogens is 1. The SMILES string of the molecule is N=C(N)c1ccc2c(ccn2Cc2ccc(-c3ccccc3)cc2)c1. The maximum Gasteiger partial charge on any atom is 0.122 e. The van der Waals surface area contributed by atoms with Gasteiger partial charge in [-0.25, -0.2) is 0 Å². The summed E-state index contributed by atoms with van der Waals surface area (Å²) in [5.74, 6) is 0.103. The molecule has 3 heteroatoms. The zero-order valence-electron chi connectivity index (χ0n) is 13.8. The quantitative estimate of drug-likeness (QED) is 0.417. The molecule has 3 N–H and O–H groups in total. The fourth-order valence-electron chi connectivity index (χ4n) is 3.14. The molecular formula is C22H19N3. The molecule has 0 bridgehead atoms. The number of hydrogen-bond acceptors (Lipinski definition) is 1. The fraction of sp³-hybridized carbons (Fsp3) is 0.0455. The Morgan fingerprint density at radius 3 is 2.28 bits per heavy atom. The van der Waals surface area contributed by atoms with E-state index in [4.69, 9.17) is 11.1 Å². The van der Waals surface area contributed by atoms with E-state index in [1.807, 2.05) is 24.3 Å². The smallest absolute Gasteiger partial charge is 0.122 e. The van der Waals surface area contributed by atoms with E-state index >= 15 is 0 Å². The first-order valence-corrected chi connectivity index (χ1v) is 8.28. The minimum Gasteiger partial charge on any atom is -0.384 e. The van der Waals surface area contributed by atoms with Crippen molar-refractivity contribution >= 4 is 16.7 Å². The van der Waals surface area contributed by atoms with Gasteiger partial charge in [-0.2, -0.15) is 0 Å². The predicted molar refractivity (Wildman–Crippen MR) is 104 cm³/mol. The van der Waals surface area contributed by atoms with Crippen LogP contribution in [0.5, 0.6) is 0 Å². The molecule has 3 nitrogen and oxygen atoms in total. The lowest BCUT2D eigenvalue weighted by atomic mass is 10.0. The monoisotopic (exact) mass is 325 g/mol. The number of nitrogens with one attached hydrogen (secondary N) is 1. The Bertz CT molecular complexity index is 1030. The third-order valence-corrected chi connectivity index (χ3v) is 4.50. The Labute approximate surface area is 146 Å². The van der Waals surface area contributed by atoms with Crippen molar-refractivity contribution in [2.45, 2.75) is 6.54 Å². The van der Waals surface area contributed by atoms with Crippen LogP contribution in [0, 0.1) is 5.41 Å². The van der Waals surface area contributed by atoms with Crippen LogP contribution in [0.2, 0.25) is 0 Å². The normalized spacial score (nSPS) is 10.9. The molecule has 0 saturated carbocycles. The third kappa shape index (κ3) is 3.04. The Hall–Kier alpha value is -3.33. The Balaban J connectivity index is 1.60. The van der Waals surface area contributed by atoms with Crippen molar-refractivity contribution in [1.82, 2.24) is 4.57 Å². The first kappa shape index (κ1) is 15.2. The molecule has 25 heavy (non-hydrogen) atoms. The first-order valence-electron chi connectivity index (χ1n) is 8.28. The van der Waals surface area contributed by atoms with Crippen LogP contribution in [0.4, 0.5) is 0 Å². The second kappa shape index (κ2) is 6.29. The largest absolute Gasteiger partial charge is 0.384 e. The van der Waals surface area contributed by atoms with Crippen LogP contribution < -0.4 is 5.73 Å². The number of nitrogens with two attached hydrogens (primary N) is 1. The average molecular weight is 325 g/mol. The second-order valence-electron chi connectivity index (χ2n) is 6.19. The van der Waals surface area contributed by atoms with Gasteiger partial charge in [0.25, 0.3) is 0 Å². The molecule has 0 spiro atoms. The molecule has 0 atom stereocenters. The highest BCUT2D eigenvalue weighted by molar-refractivity contribution is 5.98. The summed E-state index contributed by atoms with van der Waals surface area (Å²) in [5, 5.41) is 8.66. The van der Waals surface area contributed by atoms with E-state index in [0.717, 1.165) is 23.0 Å². The van der Waals surface area contributed by atoms with Crippen LogP contribution in [0.15, 0.2) is 85.1 Å². The third-order valence-electron chi connectivity index (χ3n) is 4.50. The molecule has 3 aromatic carbocycles. The lowest BCUT2D eigenvalue weighted by Crippen LogP contribution is -2.10. The topological polar surface area (TPSA) is 54.8 Å². The summed E-state index contributed by atoms with van der Waals surface area (Å²) in [5.41, 5.74) is 11.2. The molecule has 1 heterocycles. The maximum absolute atomic E-state index is 7.56. The van der Waals surface area contributed by atoms with E-state index in [1.165, 1.54) is 16.7 Å². The number of nitrogen functional groups attached to an aromatic ring is 1. The summed E-state index contributed by atoms with van der Waals surface area (Å²) in [6.07, 6.45) is 2.08. The summed E-state index contributed by atoms with van der Waals surface area (Å²) in [6, 6.07) is 27.1. The Kier molecular flexibility index (Phi) is 3.82. The van der Waals surface area contributed by atoms with Crippen molar-refractivity contribution in [2.75, 3.05) is 0 Å². The van der Waals surface area contributed by atoms with Crippen LogP contribution in [0.25, 0.3) is 22.0 Å². The zero-order chi connectivity index (χ0) is 17.2. The maximum atomic E-state index is 7.56. The number of amidine groups is 1. The number of benzene rings is 3. The van der Waals surface area contributed by atoms with E-state index in [9.17, 15) is 0 Å². The number of hydrogen-bond donors (Lipinski definition) is 2. The molecule has 4 aromatic rings. The van der Waals surface area contributed by atoms with E-state index in [-0.39, 0.29) is 5.84 Å². The minimum absolute atomic E-state index is 0.103. The van der Waals surface area contributed by atoms with Gasteiger partial charge < -0.3 is 10.3 Å². The van der Waals surface area contributed by atoms with Crippen molar-refractivity contribution in [3.05, 3.63) is 96.2 Å². The second-order valence-corrected chi connectivity index (χ2v) is 6.19. The van der Waals surface area contributed by atoms with Gasteiger partial charge in [-0.3, -0.25) is 5.41 Å². The Morgan fingerprint density at radius 1 is 0.840 bits per heavy atom. The molecule has 0 saturated heterocycles. The predicted octanol–water partition coefficient (Wildman–Crippen LogP) is 4.64. The summed E-state index contributed by atoms with van der Waals surface area (Å²) >= 11 is 0. The number of nitrogens with zero attached hydrogens (tertiary/aromatic N) is 1. The Morgan fingerprint density at radius 2 is 1.56 bits per heavy atom. The summed E-state index contributed by atoms with van der Waals surface area (Å²) in [4.78, 5) is 0.